The van der Waals surface area contributed by atoms with Crippen LogP contribution in [-0.2, 0) is 5.41 Å². The smallest absolute Gasteiger partial charge is 0.0343 e. The Morgan fingerprint density at radius 1 is 0.425 bits per heavy atom. The number of fused-ring (bicyclic) bond motifs is 3. The molecule has 0 spiro atoms. The standard InChI is InChI=1S/C40H32/c1-40(2)37-22-10-9-19-34(37)35-20-12-21-36(39(35)40)38(31-25-23-30(24-26-31)28-13-5-3-6-14-28)33-18-11-17-32(27-33)29-15-7-4-8-16-29/h3-27,38H,1-2H3. The van der Waals surface area contributed by atoms with E-state index in [1.165, 1.54) is 61.2 Å². The summed E-state index contributed by atoms with van der Waals surface area (Å²) in [6, 6.07) is 55.5. The van der Waals surface area contributed by atoms with Crippen LogP contribution in [0.25, 0.3) is 33.4 Å². The minimum absolute atomic E-state index is 0.0816. The number of rotatable bonds is 5. The Morgan fingerprint density at radius 3 is 1.70 bits per heavy atom. The zero-order valence-corrected chi connectivity index (χ0v) is 23.0. The summed E-state index contributed by atoms with van der Waals surface area (Å²) >= 11 is 0. The first-order valence-corrected chi connectivity index (χ1v) is 14.2. The molecule has 0 saturated heterocycles. The maximum absolute atomic E-state index is 2.39. The van der Waals surface area contributed by atoms with E-state index in [-0.39, 0.29) is 11.3 Å². The van der Waals surface area contributed by atoms with Crippen molar-refractivity contribution >= 4 is 0 Å². The monoisotopic (exact) mass is 512 g/mol. The fourth-order valence-electron chi connectivity index (χ4n) is 6.71. The van der Waals surface area contributed by atoms with Crippen LogP contribution in [0.5, 0.6) is 0 Å². The number of benzene rings is 6. The quantitative estimate of drug-likeness (QED) is 0.202. The van der Waals surface area contributed by atoms with Gasteiger partial charge in [0.1, 0.15) is 0 Å². The molecule has 0 saturated carbocycles. The second-order valence-electron chi connectivity index (χ2n) is 11.4. The average Bonchev–Trinajstić information content (AvgIpc) is 3.26. The Labute approximate surface area is 237 Å². The molecular weight excluding hydrogens is 480 g/mol. The molecule has 0 radical (unpaired) electrons. The summed E-state index contributed by atoms with van der Waals surface area (Å²) < 4.78 is 0. The van der Waals surface area contributed by atoms with Gasteiger partial charge in [-0.2, -0.15) is 0 Å². The molecule has 0 nitrogen and oxygen atoms in total. The molecular formula is C40H32. The van der Waals surface area contributed by atoms with Gasteiger partial charge in [0.15, 0.2) is 0 Å². The summed E-state index contributed by atoms with van der Waals surface area (Å²) in [5.74, 6) is 0.108. The van der Waals surface area contributed by atoms with Gasteiger partial charge < -0.3 is 0 Å². The summed E-state index contributed by atoms with van der Waals surface area (Å²) in [5, 5.41) is 0. The van der Waals surface area contributed by atoms with E-state index < -0.39 is 0 Å². The van der Waals surface area contributed by atoms with Gasteiger partial charge in [0.25, 0.3) is 0 Å². The largest absolute Gasteiger partial charge is 0.0622 e. The van der Waals surface area contributed by atoms with Crippen LogP contribution in [0.4, 0.5) is 0 Å². The van der Waals surface area contributed by atoms with Gasteiger partial charge in [0, 0.05) is 11.3 Å². The van der Waals surface area contributed by atoms with Gasteiger partial charge in [-0.1, -0.05) is 166 Å². The molecule has 0 aliphatic heterocycles. The summed E-state index contributed by atoms with van der Waals surface area (Å²) in [4.78, 5) is 0. The molecule has 1 unspecified atom stereocenters. The van der Waals surface area contributed by atoms with Crippen LogP contribution < -0.4 is 0 Å². The fraction of sp³-hybridized carbons (Fsp3) is 0.100. The third-order valence-corrected chi connectivity index (χ3v) is 8.60. The molecule has 40 heavy (non-hydrogen) atoms. The van der Waals surface area contributed by atoms with E-state index in [0.717, 1.165) is 0 Å². The lowest BCUT2D eigenvalue weighted by molar-refractivity contribution is 0.648. The van der Waals surface area contributed by atoms with Gasteiger partial charge in [0.2, 0.25) is 0 Å². The normalized spacial score (nSPS) is 13.8. The topological polar surface area (TPSA) is 0 Å². The van der Waals surface area contributed by atoms with Crippen LogP contribution in [-0.4, -0.2) is 0 Å². The van der Waals surface area contributed by atoms with Crippen molar-refractivity contribution in [2.75, 3.05) is 0 Å². The van der Waals surface area contributed by atoms with Crippen LogP contribution >= 0.6 is 0 Å². The molecule has 6 aromatic rings. The van der Waals surface area contributed by atoms with Crippen molar-refractivity contribution in [3.63, 3.8) is 0 Å². The van der Waals surface area contributed by atoms with Crippen LogP contribution in [0.1, 0.15) is 47.6 Å². The average molecular weight is 513 g/mol. The van der Waals surface area contributed by atoms with Gasteiger partial charge in [-0.3, -0.25) is 0 Å². The van der Waals surface area contributed by atoms with Crippen LogP contribution in [0.3, 0.4) is 0 Å². The molecule has 0 heterocycles. The van der Waals surface area contributed by atoms with E-state index >= 15 is 0 Å². The molecule has 7 rings (SSSR count). The molecule has 0 heteroatoms. The van der Waals surface area contributed by atoms with Crippen molar-refractivity contribution in [2.45, 2.75) is 25.2 Å². The Morgan fingerprint density at radius 2 is 0.975 bits per heavy atom. The highest BCUT2D eigenvalue weighted by atomic mass is 14.4. The van der Waals surface area contributed by atoms with Gasteiger partial charge in [0.05, 0.1) is 0 Å². The number of hydrogen-bond donors (Lipinski definition) is 0. The van der Waals surface area contributed by atoms with E-state index in [0.29, 0.717) is 0 Å². The highest BCUT2D eigenvalue weighted by molar-refractivity contribution is 5.83. The van der Waals surface area contributed by atoms with E-state index in [2.05, 4.69) is 166 Å². The second-order valence-corrected chi connectivity index (χ2v) is 11.4. The second kappa shape index (κ2) is 9.81. The molecule has 1 aliphatic carbocycles. The molecule has 0 N–H and O–H groups in total. The Kier molecular flexibility index (Phi) is 5.98. The zero-order valence-electron chi connectivity index (χ0n) is 23.0. The van der Waals surface area contributed by atoms with Crippen molar-refractivity contribution in [3.8, 4) is 33.4 Å². The van der Waals surface area contributed by atoms with Crippen molar-refractivity contribution in [3.05, 3.63) is 179 Å². The molecule has 1 aliphatic rings. The first kappa shape index (κ1) is 24.4. The van der Waals surface area contributed by atoms with Crippen molar-refractivity contribution in [1.82, 2.24) is 0 Å². The summed E-state index contributed by atoms with van der Waals surface area (Å²) in [6.45, 7) is 4.77. The van der Waals surface area contributed by atoms with Gasteiger partial charge in [-0.05, 0) is 61.2 Å². The first-order valence-electron chi connectivity index (χ1n) is 14.2. The van der Waals surface area contributed by atoms with Crippen molar-refractivity contribution in [1.29, 1.82) is 0 Å². The van der Waals surface area contributed by atoms with Crippen LogP contribution in [0, 0.1) is 0 Å². The predicted molar refractivity (Wildman–Crippen MR) is 169 cm³/mol. The third-order valence-electron chi connectivity index (χ3n) is 8.60. The fourth-order valence-corrected chi connectivity index (χ4v) is 6.71. The Bertz CT molecular complexity index is 1790. The molecule has 0 fully saturated rings. The van der Waals surface area contributed by atoms with E-state index in [4.69, 9.17) is 0 Å². The summed E-state index contributed by atoms with van der Waals surface area (Å²) in [6.07, 6.45) is 0. The highest BCUT2D eigenvalue weighted by Gasteiger charge is 2.38. The SMILES string of the molecule is CC1(C)c2ccccc2-c2cccc(C(c3ccc(-c4ccccc4)cc3)c3cccc(-c4ccccc4)c3)c21. The minimum Gasteiger partial charge on any atom is -0.0622 e. The Hall–Kier alpha value is -4.68. The van der Waals surface area contributed by atoms with E-state index in [1.807, 2.05) is 0 Å². The lowest BCUT2D eigenvalue weighted by Crippen LogP contribution is -2.19. The maximum Gasteiger partial charge on any atom is 0.0343 e. The highest BCUT2D eigenvalue weighted by Crippen LogP contribution is 2.52. The Balaban J connectivity index is 1.43. The minimum atomic E-state index is -0.0816. The van der Waals surface area contributed by atoms with Crippen LogP contribution in [0.15, 0.2) is 152 Å². The molecule has 0 bridgehead atoms. The third kappa shape index (κ3) is 4.08. The molecule has 6 aromatic carbocycles. The van der Waals surface area contributed by atoms with Gasteiger partial charge in [-0.25, -0.2) is 0 Å². The lowest BCUT2D eigenvalue weighted by Gasteiger charge is -2.29. The van der Waals surface area contributed by atoms with Crippen molar-refractivity contribution < 1.29 is 0 Å². The summed E-state index contributed by atoms with van der Waals surface area (Å²) in [5.41, 5.74) is 14.5. The predicted octanol–water partition coefficient (Wildman–Crippen LogP) is 10.5. The number of hydrogen-bond acceptors (Lipinski definition) is 0. The molecule has 1 atom stereocenters. The molecule has 192 valence electrons. The van der Waals surface area contributed by atoms with Gasteiger partial charge in [-0.15, -0.1) is 0 Å². The van der Waals surface area contributed by atoms with Crippen molar-refractivity contribution in [2.24, 2.45) is 0 Å². The van der Waals surface area contributed by atoms with Gasteiger partial charge >= 0.3 is 0 Å². The summed E-state index contributed by atoms with van der Waals surface area (Å²) in [7, 11) is 0. The van der Waals surface area contributed by atoms with Crippen LogP contribution in [0.2, 0.25) is 0 Å². The molecule has 0 amide bonds. The molecule has 0 aromatic heterocycles. The first-order chi connectivity index (χ1) is 19.6. The maximum atomic E-state index is 2.39. The van der Waals surface area contributed by atoms with E-state index in [9.17, 15) is 0 Å². The zero-order chi connectivity index (χ0) is 27.1. The van der Waals surface area contributed by atoms with E-state index in [1.54, 1.807) is 0 Å². The lowest BCUT2D eigenvalue weighted by atomic mass is 9.74.